The van der Waals surface area contributed by atoms with E-state index in [0.717, 1.165) is 50.1 Å². The number of ether oxygens (including phenoxy) is 2. The number of hydrogen-bond donors (Lipinski definition) is 0. The summed E-state index contributed by atoms with van der Waals surface area (Å²) < 4.78 is 12.8. The lowest BCUT2D eigenvalue weighted by molar-refractivity contribution is -0.249. The van der Waals surface area contributed by atoms with Gasteiger partial charge in [0.2, 0.25) is 0 Å². The Balaban J connectivity index is 1.07. The van der Waals surface area contributed by atoms with E-state index in [9.17, 15) is 0 Å². The van der Waals surface area contributed by atoms with Crippen molar-refractivity contribution in [2.75, 3.05) is 13.2 Å². The molecule has 0 spiro atoms. The van der Waals surface area contributed by atoms with Gasteiger partial charge in [-0.3, -0.25) is 0 Å². The highest BCUT2D eigenvalue weighted by atomic mass is 16.5. The van der Waals surface area contributed by atoms with Crippen LogP contribution in [0.15, 0.2) is 48.5 Å². The minimum atomic E-state index is 0.470. The molecule has 2 aromatic rings. The molecular weight excluding hydrogens is 488 g/mol. The van der Waals surface area contributed by atoms with Crippen LogP contribution in [0.2, 0.25) is 0 Å². The fourth-order valence-corrected chi connectivity index (χ4v) is 14.5. The van der Waals surface area contributed by atoms with Crippen LogP contribution in [-0.4, -0.2) is 13.2 Å². The minimum absolute atomic E-state index is 0.470. The Morgan fingerprint density at radius 1 is 0.500 bits per heavy atom. The Kier molecular flexibility index (Phi) is 4.80. The quantitative estimate of drug-likeness (QED) is 0.392. The van der Waals surface area contributed by atoms with Crippen LogP contribution in [0.3, 0.4) is 0 Å². The highest BCUT2D eigenvalue weighted by molar-refractivity contribution is 5.37. The summed E-state index contributed by atoms with van der Waals surface area (Å²) in [5.74, 6) is 5.06. The van der Waals surface area contributed by atoms with Gasteiger partial charge in [0.15, 0.2) is 0 Å². The first-order valence-corrected chi connectivity index (χ1v) is 16.9. The van der Waals surface area contributed by atoms with Crippen molar-refractivity contribution in [3.63, 3.8) is 0 Å². The third-order valence-corrected chi connectivity index (χ3v) is 14.8. The molecule has 2 nitrogen and oxygen atoms in total. The Morgan fingerprint density at radius 2 is 0.900 bits per heavy atom. The second kappa shape index (κ2) is 8.04. The summed E-state index contributed by atoms with van der Waals surface area (Å²) in [5, 5.41) is 0. The van der Waals surface area contributed by atoms with Gasteiger partial charge in [-0.25, -0.2) is 0 Å². The third kappa shape index (κ3) is 3.09. The minimum Gasteiger partial charge on any atom is -0.376 e. The van der Waals surface area contributed by atoms with Gasteiger partial charge in [0.25, 0.3) is 0 Å². The molecule has 0 saturated heterocycles. The van der Waals surface area contributed by atoms with Crippen LogP contribution >= 0.6 is 0 Å². The largest absolute Gasteiger partial charge is 0.376 e. The summed E-state index contributed by atoms with van der Waals surface area (Å²) in [6.07, 6.45) is 18.2. The van der Waals surface area contributed by atoms with Gasteiger partial charge >= 0.3 is 0 Å². The van der Waals surface area contributed by atoms with Crippen molar-refractivity contribution in [3.8, 4) is 0 Å². The third-order valence-electron chi connectivity index (χ3n) is 14.8. The molecule has 6 unspecified atom stereocenters. The molecule has 2 heterocycles. The Hall–Kier alpha value is -1.64. The first-order valence-electron chi connectivity index (χ1n) is 16.9. The molecule has 0 amide bonds. The van der Waals surface area contributed by atoms with Crippen molar-refractivity contribution in [2.45, 2.75) is 102 Å². The molecule has 2 aromatic carbocycles. The van der Waals surface area contributed by atoms with Crippen molar-refractivity contribution in [3.05, 3.63) is 70.8 Å². The van der Waals surface area contributed by atoms with Crippen LogP contribution in [0.4, 0.5) is 0 Å². The summed E-state index contributed by atoms with van der Waals surface area (Å²) in [7, 11) is 0. The van der Waals surface area contributed by atoms with Crippen molar-refractivity contribution in [1.82, 2.24) is 0 Å². The SMILES string of the molecule is c1ccc2c(c1)COCC2C12CC3CC(C1)CC(C14CC5CC(CC(C6COCc7ccccc76)(C5)C1)C4)(C3)C2. The molecule has 8 saturated carbocycles. The molecule has 210 valence electrons. The van der Waals surface area contributed by atoms with Crippen LogP contribution in [0, 0.1) is 45.3 Å². The summed E-state index contributed by atoms with van der Waals surface area (Å²) in [4.78, 5) is 0. The fourth-order valence-electron chi connectivity index (χ4n) is 14.5. The van der Waals surface area contributed by atoms with E-state index in [2.05, 4.69) is 48.5 Å². The second-order valence-corrected chi connectivity index (χ2v) is 16.7. The second-order valence-electron chi connectivity index (χ2n) is 16.7. The normalized spacial score (nSPS) is 49.6. The van der Waals surface area contributed by atoms with Gasteiger partial charge in [0.05, 0.1) is 26.4 Å². The zero-order chi connectivity index (χ0) is 26.2. The number of hydrogen-bond acceptors (Lipinski definition) is 2. The summed E-state index contributed by atoms with van der Waals surface area (Å²) in [6, 6.07) is 18.7. The van der Waals surface area contributed by atoms with Crippen LogP contribution in [0.5, 0.6) is 0 Å². The molecule has 40 heavy (non-hydrogen) atoms. The molecule has 8 fully saturated rings. The summed E-state index contributed by atoms with van der Waals surface area (Å²) >= 11 is 0. The van der Waals surface area contributed by atoms with Crippen LogP contribution in [0.25, 0.3) is 0 Å². The highest BCUT2D eigenvalue weighted by Crippen LogP contribution is 2.81. The molecule has 0 radical (unpaired) electrons. The lowest BCUT2D eigenvalue weighted by Gasteiger charge is -2.75. The van der Waals surface area contributed by atoms with Gasteiger partial charge in [-0.2, -0.15) is 0 Å². The lowest BCUT2D eigenvalue weighted by Crippen LogP contribution is -2.66. The monoisotopic (exact) mass is 534 g/mol. The molecule has 2 heteroatoms. The number of benzene rings is 2. The van der Waals surface area contributed by atoms with E-state index in [1.807, 2.05) is 0 Å². The maximum atomic E-state index is 6.40. The summed E-state index contributed by atoms with van der Waals surface area (Å²) in [5.41, 5.74) is 8.35. The van der Waals surface area contributed by atoms with E-state index in [4.69, 9.17) is 9.47 Å². The van der Waals surface area contributed by atoms with Crippen molar-refractivity contribution in [2.24, 2.45) is 45.3 Å². The first-order chi connectivity index (χ1) is 19.6. The first kappa shape index (κ1) is 23.9. The van der Waals surface area contributed by atoms with Gasteiger partial charge < -0.3 is 9.47 Å². The Bertz CT molecular complexity index is 1230. The predicted octanol–water partition coefficient (Wildman–Crippen LogP) is 8.79. The average Bonchev–Trinajstić information content (AvgIpc) is 2.95. The van der Waals surface area contributed by atoms with E-state index in [1.54, 1.807) is 36.8 Å². The van der Waals surface area contributed by atoms with E-state index < -0.39 is 0 Å². The van der Waals surface area contributed by atoms with Crippen LogP contribution in [0.1, 0.15) is 111 Å². The smallest absolute Gasteiger partial charge is 0.0719 e. The molecule has 0 aromatic heterocycles. The Morgan fingerprint density at radius 3 is 1.32 bits per heavy atom. The maximum absolute atomic E-state index is 6.40. The number of rotatable bonds is 3. The molecule has 10 aliphatic rings. The van der Waals surface area contributed by atoms with Gasteiger partial charge in [-0.05, 0) is 145 Å². The van der Waals surface area contributed by atoms with Crippen LogP contribution in [-0.2, 0) is 22.7 Å². The predicted molar refractivity (Wildman–Crippen MR) is 157 cm³/mol. The molecule has 8 bridgehead atoms. The maximum Gasteiger partial charge on any atom is 0.0719 e. The molecular formula is C38H46O2. The molecule has 12 rings (SSSR count). The van der Waals surface area contributed by atoms with Gasteiger partial charge in [-0.15, -0.1) is 0 Å². The zero-order valence-corrected chi connectivity index (χ0v) is 24.2. The highest BCUT2D eigenvalue weighted by Gasteiger charge is 2.71. The molecule has 2 aliphatic heterocycles. The van der Waals surface area contributed by atoms with E-state index in [-0.39, 0.29) is 0 Å². The Labute approximate surface area is 240 Å². The zero-order valence-electron chi connectivity index (χ0n) is 24.2. The topological polar surface area (TPSA) is 18.5 Å². The van der Waals surface area contributed by atoms with Crippen molar-refractivity contribution >= 4 is 0 Å². The molecule has 8 aliphatic carbocycles. The number of fused-ring (bicyclic) bond motifs is 2. The fraction of sp³-hybridized carbons (Fsp3) is 0.684. The molecule has 0 N–H and O–H groups in total. The van der Waals surface area contributed by atoms with E-state index in [0.29, 0.717) is 33.5 Å². The van der Waals surface area contributed by atoms with Gasteiger partial charge in [0, 0.05) is 11.8 Å². The van der Waals surface area contributed by atoms with Crippen molar-refractivity contribution in [1.29, 1.82) is 0 Å². The summed E-state index contributed by atoms with van der Waals surface area (Å²) in [6.45, 7) is 3.57. The van der Waals surface area contributed by atoms with Crippen LogP contribution < -0.4 is 0 Å². The van der Waals surface area contributed by atoms with E-state index in [1.165, 1.54) is 62.5 Å². The standard InChI is InChI=1S/C38H46O2/c1-3-7-31-29(5-1)19-39-21-33(31)35-11-25-9-26(12-35)16-37(15-25,23-35)38-17-27-10-28(18-38)14-36(13-27,24-38)34-22-40-20-30-6-2-4-8-32(30)34/h1-8,25-28,33-34H,9-24H2. The van der Waals surface area contributed by atoms with Gasteiger partial charge in [0.1, 0.15) is 0 Å². The van der Waals surface area contributed by atoms with Gasteiger partial charge in [-0.1, -0.05) is 48.5 Å². The lowest BCUT2D eigenvalue weighted by atomic mass is 9.29. The van der Waals surface area contributed by atoms with E-state index >= 15 is 0 Å². The average molecular weight is 535 g/mol. The molecule has 6 atom stereocenters. The van der Waals surface area contributed by atoms with Crippen molar-refractivity contribution < 1.29 is 9.47 Å².